The van der Waals surface area contributed by atoms with E-state index in [2.05, 4.69) is 269 Å². The van der Waals surface area contributed by atoms with Gasteiger partial charge in [-0.05, 0) is 92.9 Å². The zero-order chi connectivity index (χ0) is 48.2. The van der Waals surface area contributed by atoms with Crippen LogP contribution >= 0.6 is 15.8 Å². The third-order valence-electron chi connectivity index (χ3n) is 14.2. The Morgan fingerprint density at radius 1 is 0.319 bits per heavy atom. The molecule has 2 aliphatic rings. The van der Waals surface area contributed by atoms with Crippen molar-refractivity contribution in [1.29, 1.82) is 0 Å². The zero-order valence-electron chi connectivity index (χ0n) is 40.7. The van der Waals surface area contributed by atoms with Gasteiger partial charge < -0.3 is 12.8 Å². The Kier molecular flexibility index (Phi) is 16.9. The molecule has 10 aromatic carbocycles. The van der Waals surface area contributed by atoms with Gasteiger partial charge in [0, 0.05) is 0 Å². The fourth-order valence-corrected chi connectivity index (χ4v) is 23.0. The van der Waals surface area contributed by atoms with Gasteiger partial charge in [-0.15, -0.1) is 23.3 Å². The van der Waals surface area contributed by atoms with Crippen LogP contribution in [0.2, 0.25) is 26.2 Å². The molecule has 0 fully saturated rings. The molecular formula is C66H54Au2P2Si2+2. The van der Waals surface area contributed by atoms with E-state index in [9.17, 15) is 0 Å². The summed E-state index contributed by atoms with van der Waals surface area (Å²) < 4.78 is 0. The van der Waals surface area contributed by atoms with Crippen LogP contribution in [-0.4, -0.2) is 16.1 Å². The quantitative estimate of drug-likeness (QED) is 0.0674. The molecule has 0 radical (unpaired) electrons. The van der Waals surface area contributed by atoms with Gasteiger partial charge in [-0.1, -0.05) is 218 Å². The van der Waals surface area contributed by atoms with Crippen molar-refractivity contribution < 1.29 is 44.8 Å². The van der Waals surface area contributed by atoms with Crippen LogP contribution in [0.1, 0.15) is 11.1 Å². The van der Waals surface area contributed by atoms with E-state index in [1.807, 2.05) is 12.1 Å². The summed E-state index contributed by atoms with van der Waals surface area (Å²) >= 11 is 0. The third-order valence-corrected chi connectivity index (χ3v) is 27.0. The van der Waals surface area contributed by atoms with Crippen LogP contribution in [0, 0.1) is 24.7 Å². The molecule has 6 heteroatoms. The Hall–Kier alpha value is -5.65. The summed E-state index contributed by atoms with van der Waals surface area (Å²) in [5.74, 6) is 5.16. The third kappa shape index (κ3) is 10.2. The number of rotatable bonds is 6. The van der Waals surface area contributed by atoms with Gasteiger partial charge in [0.05, 0.1) is 0 Å². The van der Waals surface area contributed by atoms with Crippen LogP contribution in [0.3, 0.4) is 0 Å². The molecule has 0 saturated carbocycles. The molecule has 0 amide bonds. The van der Waals surface area contributed by atoms with Crippen molar-refractivity contribution in [3.8, 4) is 34.1 Å². The maximum atomic E-state index is 7.45. The summed E-state index contributed by atoms with van der Waals surface area (Å²) in [7, 11) is -5.57. The molecule has 72 heavy (non-hydrogen) atoms. The molecule has 0 saturated heterocycles. The first-order valence-electron chi connectivity index (χ1n) is 24.0. The van der Waals surface area contributed by atoms with E-state index < -0.39 is 32.0 Å². The molecule has 12 rings (SSSR count). The predicted octanol–water partition coefficient (Wildman–Crippen LogP) is 10.7. The van der Waals surface area contributed by atoms with Gasteiger partial charge in [0.15, 0.2) is 0 Å². The Morgan fingerprint density at radius 3 is 0.917 bits per heavy atom. The summed E-state index contributed by atoms with van der Waals surface area (Å²) in [5.41, 5.74) is 6.97. The molecule has 356 valence electrons. The van der Waals surface area contributed by atoms with Crippen LogP contribution < -0.4 is 52.6 Å². The fraction of sp³-hybridized carbons (Fsp3) is 0.0606. The molecule has 0 aromatic heterocycles. The second kappa shape index (κ2) is 23.1. The number of fused-ring (bicyclic) bond motifs is 7. The zero-order valence-corrected chi connectivity index (χ0v) is 49.0. The number of hydrogen-bond donors (Lipinski definition) is 0. The van der Waals surface area contributed by atoms with E-state index >= 15 is 0 Å². The first kappa shape index (κ1) is 52.7. The smallest absolute Gasteiger partial charge is 0.366 e. The van der Waals surface area contributed by atoms with E-state index in [0.29, 0.717) is 0 Å². The summed E-state index contributed by atoms with van der Waals surface area (Å²) in [6.45, 7) is 9.52. The first-order valence-corrected chi connectivity index (χ1v) is 33.0. The minimum Gasteiger partial charge on any atom is -0.366 e. The molecule has 2 heterocycles. The van der Waals surface area contributed by atoms with E-state index in [1.165, 1.54) is 85.6 Å². The van der Waals surface area contributed by atoms with Crippen LogP contribution in [-0.2, 0) is 44.8 Å². The second-order valence-electron chi connectivity index (χ2n) is 19.0. The van der Waals surface area contributed by atoms with E-state index in [0.717, 1.165) is 11.1 Å². The average molecular weight is 1360 g/mol. The van der Waals surface area contributed by atoms with Crippen molar-refractivity contribution in [3.63, 3.8) is 0 Å². The standard InChI is InChI=1S/C34H26P2.2C16H13Si.2Au/c1-5-17-29(18-6-1)35(30-19-7-2-8-20-30)33-25-27-15-13-14-16-28(27)26-34(33)36(31-21-9-3-10-22-31)32-23-11-4-12-24-32;2*1-4-12-8-7-11-15-16(12)13-9-5-6-10-14(13)17(15,2)3;;/h1-26H;2*5-11H,2-3H3;;/q;2*-1;2*+1/p+2. The molecule has 0 unspecified atom stereocenters. The second-order valence-corrected chi connectivity index (χ2v) is 32.5. The largest absolute Gasteiger partial charge is 1.00 e. The Bertz CT molecular complexity index is 3270. The van der Waals surface area contributed by atoms with E-state index in [4.69, 9.17) is 12.8 Å². The molecule has 0 nitrogen and oxygen atoms in total. The predicted molar refractivity (Wildman–Crippen MR) is 314 cm³/mol. The van der Waals surface area contributed by atoms with E-state index in [-0.39, 0.29) is 44.8 Å². The minimum absolute atomic E-state index is 0. The number of hydrogen-bond acceptors (Lipinski definition) is 0. The summed E-state index contributed by atoms with van der Waals surface area (Å²) in [5, 5.41) is 17.2. The molecule has 0 spiro atoms. The van der Waals surface area contributed by atoms with Crippen molar-refractivity contribution in [2.45, 2.75) is 26.2 Å². The molecule has 2 aliphatic heterocycles. The van der Waals surface area contributed by atoms with Crippen LogP contribution in [0.25, 0.3) is 33.0 Å². The Labute approximate surface area is 463 Å². The van der Waals surface area contributed by atoms with Crippen molar-refractivity contribution in [1.82, 2.24) is 0 Å². The fourth-order valence-electron chi connectivity index (χ4n) is 10.7. The maximum absolute atomic E-state index is 7.45. The molecule has 0 bridgehead atoms. The molecule has 0 aliphatic carbocycles. The monoisotopic (exact) mass is 1360 g/mol. The average Bonchev–Trinajstić information content (AvgIpc) is 3.80. The van der Waals surface area contributed by atoms with Gasteiger partial charge in [0.2, 0.25) is 0 Å². The molecular weight excluding hydrogens is 1300 g/mol. The van der Waals surface area contributed by atoms with Crippen LogP contribution in [0.5, 0.6) is 0 Å². The van der Waals surface area contributed by atoms with Gasteiger partial charge >= 0.3 is 44.8 Å². The molecule has 10 aromatic rings. The first-order chi connectivity index (χ1) is 34.2. The topological polar surface area (TPSA) is 0 Å². The van der Waals surface area contributed by atoms with Crippen molar-refractivity contribution >= 4 is 95.3 Å². The van der Waals surface area contributed by atoms with Gasteiger partial charge in [-0.2, -0.15) is 0 Å². The minimum atomic E-state index is -1.55. The van der Waals surface area contributed by atoms with Gasteiger partial charge in [0.25, 0.3) is 0 Å². The summed E-state index contributed by atoms with van der Waals surface area (Å²) in [6.07, 6.45) is 14.9. The van der Waals surface area contributed by atoms with E-state index in [1.54, 1.807) is 0 Å². The van der Waals surface area contributed by atoms with Crippen LogP contribution in [0.15, 0.2) is 243 Å². The molecule has 0 N–H and O–H groups in total. The van der Waals surface area contributed by atoms with Crippen molar-refractivity contribution in [2.24, 2.45) is 0 Å². The Balaban J connectivity index is 0.000000161. The van der Waals surface area contributed by atoms with Gasteiger partial charge in [-0.25, -0.2) is 0 Å². The molecule has 0 atom stereocenters. The summed E-state index contributed by atoms with van der Waals surface area (Å²) in [6, 6.07) is 88.1. The van der Waals surface area contributed by atoms with Gasteiger partial charge in [-0.3, -0.25) is 11.8 Å². The summed E-state index contributed by atoms with van der Waals surface area (Å²) in [4.78, 5) is 0. The SMILES string of the molecule is [Au+].[Au+].[C-]#Cc1cccc2c1-c1ccccc1[Si]2(C)C.[C-]#Cc1cccc2c1-c1ccccc1[Si]2(C)C.c1ccc([PH+](c2ccccc2)c2cc3ccccc3cc2[PH+](c2ccccc2)c2ccccc2)cc1. The maximum Gasteiger partial charge on any atom is 1.00 e. The van der Waals surface area contributed by atoms with Crippen molar-refractivity contribution in [3.05, 3.63) is 267 Å². The van der Waals surface area contributed by atoms with Crippen LogP contribution in [0.4, 0.5) is 0 Å². The number of benzene rings is 10. The van der Waals surface area contributed by atoms with Gasteiger partial charge in [0.1, 0.15) is 63.8 Å². The Morgan fingerprint density at radius 2 is 0.597 bits per heavy atom. The normalized spacial score (nSPS) is 12.7. The van der Waals surface area contributed by atoms with Crippen molar-refractivity contribution in [2.75, 3.05) is 0 Å².